The van der Waals surface area contributed by atoms with Crippen molar-refractivity contribution in [1.29, 1.82) is 0 Å². The van der Waals surface area contributed by atoms with E-state index in [1.807, 2.05) is 25.3 Å². The second-order valence-corrected chi connectivity index (χ2v) is 5.40. The smallest absolute Gasteiger partial charge is 0.252 e. The van der Waals surface area contributed by atoms with Gasteiger partial charge >= 0.3 is 0 Å². The number of hydrazine groups is 1. The lowest BCUT2D eigenvalue weighted by molar-refractivity contribution is 0.0935. The van der Waals surface area contributed by atoms with Crippen LogP contribution < -0.4 is 16.6 Å². The zero-order valence-corrected chi connectivity index (χ0v) is 12.3. The molecule has 1 unspecified atom stereocenters. The van der Waals surface area contributed by atoms with Crippen molar-refractivity contribution in [3.8, 4) is 0 Å². The number of anilines is 1. The van der Waals surface area contributed by atoms with Crippen LogP contribution >= 0.6 is 11.3 Å². The Morgan fingerprint density at radius 2 is 2.30 bits per heavy atom. The fraction of sp³-hybridized carbons (Fsp3) is 0.286. The van der Waals surface area contributed by atoms with E-state index >= 15 is 0 Å². The quantitative estimate of drug-likeness (QED) is 0.584. The Balaban J connectivity index is 2.15. The molecule has 0 fully saturated rings. The first-order chi connectivity index (χ1) is 9.65. The Morgan fingerprint density at radius 3 is 2.85 bits per heavy atom. The molecule has 0 bridgehead atoms. The van der Waals surface area contributed by atoms with E-state index in [2.05, 4.69) is 15.7 Å². The van der Waals surface area contributed by atoms with Crippen LogP contribution in [0.2, 0.25) is 0 Å². The number of hydrogen-bond donors (Lipinski definition) is 3. The summed E-state index contributed by atoms with van der Waals surface area (Å²) in [4.78, 5) is 16.6. The highest BCUT2D eigenvalue weighted by atomic mass is 32.1. The van der Waals surface area contributed by atoms with Gasteiger partial charge in [-0.25, -0.2) is 4.98 Å². The number of aryl methyl sites for hydroxylation is 1. The number of hydrogen-bond acceptors (Lipinski definition) is 5. The maximum Gasteiger partial charge on any atom is 0.252 e. The van der Waals surface area contributed by atoms with Crippen LogP contribution in [0.1, 0.15) is 40.3 Å². The fourth-order valence-electron chi connectivity index (χ4n) is 1.99. The molecule has 0 saturated carbocycles. The Labute approximate surface area is 122 Å². The van der Waals surface area contributed by atoms with E-state index in [9.17, 15) is 4.79 Å². The lowest BCUT2D eigenvalue weighted by Gasteiger charge is -2.15. The summed E-state index contributed by atoms with van der Waals surface area (Å²) in [6.07, 6.45) is 2.56. The lowest BCUT2D eigenvalue weighted by Crippen LogP contribution is -2.28. The highest BCUT2D eigenvalue weighted by molar-refractivity contribution is 7.09. The molecule has 5 nitrogen and oxygen atoms in total. The Hall–Kier alpha value is -1.92. The van der Waals surface area contributed by atoms with Crippen molar-refractivity contribution >= 4 is 22.9 Å². The molecule has 1 aromatic heterocycles. The van der Waals surface area contributed by atoms with Gasteiger partial charge in [0.1, 0.15) is 5.01 Å². The summed E-state index contributed by atoms with van der Waals surface area (Å²) in [6, 6.07) is 5.36. The molecule has 2 rings (SSSR count). The van der Waals surface area contributed by atoms with Gasteiger partial charge in [-0.2, -0.15) is 0 Å². The number of nitrogens with one attached hydrogen (secondary N) is 2. The average molecular weight is 290 g/mol. The third-order valence-electron chi connectivity index (χ3n) is 3.10. The minimum absolute atomic E-state index is 0.0470. The molecule has 0 saturated heterocycles. The third kappa shape index (κ3) is 3.15. The van der Waals surface area contributed by atoms with E-state index in [0.29, 0.717) is 5.56 Å². The zero-order chi connectivity index (χ0) is 14.5. The summed E-state index contributed by atoms with van der Waals surface area (Å²) in [6.45, 7) is 3.92. The molecule has 1 aromatic carbocycles. The SMILES string of the molecule is CCC(NC(=O)c1ccc(NN)cc1C)c1nccs1. The van der Waals surface area contributed by atoms with Gasteiger partial charge in [-0.15, -0.1) is 11.3 Å². The summed E-state index contributed by atoms with van der Waals surface area (Å²) in [5.41, 5.74) is 4.88. The summed E-state index contributed by atoms with van der Waals surface area (Å²) in [7, 11) is 0. The largest absolute Gasteiger partial charge is 0.343 e. The van der Waals surface area contributed by atoms with Crippen molar-refractivity contribution in [1.82, 2.24) is 10.3 Å². The predicted octanol–water partition coefficient (Wildman–Crippen LogP) is 2.62. The van der Waals surface area contributed by atoms with Crippen LogP contribution in [0.15, 0.2) is 29.8 Å². The van der Waals surface area contributed by atoms with Crippen LogP contribution in [0, 0.1) is 6.92 Å². The van der Waals surface area contributed by atoms with Gasteiger partial charge in [-0.1, -0.05) is 6.92 Å². The normalized spacial score (nSPS) is 11.9. The molecule has 20 heavy (non-hydrogen) atoms. The van der Waals surface area contributed by atoms with Crippen molar-refractivity contribution in [3.05, 3.63) is 45.9 Å². The van der Waals surface area contributed by atoms with E-state index in [1.165, 1.54) is 0 Å². The monoisotopic (exact) mass is 290 g/mol. The highest BCUT2D eigenvalue weighted by Gasteiger charge is 2.17. The van der Waals surface area contributed by atoms with E-state index < -0.39 is 0 Å². The molecule has 0 radical (unpaired) electrons. The maximum absolute atomic E-state index is 12.3. The molecule has 1 atom stereocenters. The number of carbonyl (C=O) groups excluding carboxylic acids is 1. The Morgan fingerprint density at radius 1 is 1.50 bits per heavy atom. The Kier molecular flexibility index (Phi) is 4.70. The molecule has 0 aliphatic carbocycles. The number of nitrogens with zero attached hydrogens (tertiary/aromatic N) is 1. The van der Waals surface area contributed by atoms with Crippen molar-refractivity contribution in [2.24, 2.45) is 5.84 Å². The standard InChI is InChI=1S/C14H18N4OS/c1-3-12(14-16-6-7-20-14)17-13(19)11-5-4-10(18-15)8-9(11)2/h4-8,12,18H,3,15H2,1-2H3,(H,17,19). The van der Waals surface area contributed by atoms with Crippen LogP contribution in [0.5, 0.6) is 0 Å². The molecule has 0 aliphatic heterocycles. The topological polar surface area (TPSA) is 80.0 Å². The number of benzene rings is 1. The van der Waals surface area contributed by atoms with E-state index in [-0.39, 0.29) is 11.9 Å². The van der Waals surface area contributed by atoms with Crippen molar-refractivity contribution < 1.29 is 4.79 Å². The second-order valence-electron chi connectivity index (χ2n) is 4.48. The first-order valence-corrected chi connectivity index (χ1v) is 7.31. The molecule has 2 aromatic rings. The number of nitrogens with two attached hydrogens (primary N) is 1. The third-order valence-corrected chi connectivity index (χ3v) is 3.99. The molecule has 6 heteroatoms. The van der Waals surface area contributed by atoms with Crippen molar-refractivity contribution in [2.45, 2.75) is 26.3 Å². The van der Waals surface area contributed by atoms with E-state index in [0.717, 1.165) is 22.7 Å². The van der Waals surface area contributed by atoms with Crippen LogP contribution in [0.3, 0.4) is 0 Å². The van der Waals surface area contributed by atoms with Gasteiger partial charge in [0.15, 0.2) is 0 Å². The summed E-state index contributed by atoms with van der Waals surface area (Å²) in [5.74, 6) is 5.26. The number of amides is 1. The molecule has 0 spiro atoms. The molecular formula is C14H18N4OS. The van der Waals surface area contributed by atoms with Crippen LogP contribution in [-0.2, 0) is 0 Å². The Bertz CT molecular complexity index is 583. The van der Waals surface area contributed by atoms with Crippen LogP contribution in [0.25, 0.3) is 0 Å². The molecule has 0 aliphatic rings. The number of rotatable bonds is 5. The number of aromatic nitrogens is 1. The van der Waals surface area contributed by atoms with Gasteiger partial charge in [0.25, 0.3) is 5.91 Å². The summed E-state index contributed by atoms with van der Waals surface area (Å²) < 4.78 is 0. The zero-order valence-electron chi connectivity index (χ0n) is 11.5. The highest BCUT2D eigenvalue weighted by Crippen LogP contribution is 2.20. The van der Waals surface area contributed by atoms with E-state index in [4.69, 9.17) is 5.84 Å². The first-order valence-electron chi connectivity index (χ1n) is 6.43. The number of carbonyl (C=O) groups is 1. The second kappa shape index (κ2) is 6.49. The molecule has 106 valence electrons. The van der Waals surface area contributed by atoms with Gasteiger partial charge in [0, 0.05) is 22.8 Å². The molecule has 1 heterocycles. The van der Waals surface area contributed by atoms with Gasteiger partial charge in [-0.05, 0) is 37.1 Å². The van der Waals surface area contributed by atoms with Gasteiger partial charge in [-0.3, -0.25) is 10.6 Å². The summed E-state index contributed by atoms with van der Waals surface area (Å²) >= 11 is 1.55. The first kappa shape index (κ1) is 14.5. The van der Waals surface area contributed by atoms with Crippen molar-refractivity contribution in [2.75, 3.05) is 5.43 Å². The molecule has 4 N–H and O–H groups in total. The van der Waals surface area contributed by atoms with Crippen LogP contribution in [-0.4, -0.2) is 10.9 Å². The molecular weight excluding hydrogens is 272 g/mol. The minimum Gasteiger partial charge on any atom is -0.343 e. The molecule has 1 amide bonds. The minimum atomic E-state index is -0.0897. The van der Waals surface area contributed by atoms with Gasteiger partial charge in [0.2, 0.25) is 0 Å². The average Bonchev–Trinajstić information content (AvgIpc) is 2.98. The number of thiazole rings is 1. The van der Waals surface area contributed by atoms with Gasteiger partial charge < -0.3 is 10.7 Å². The lowest BCUT2D eigenvalue weighted by atomic mass is 10.1. The van der Waals surface area contributed by atoms with Crippen molar-refractivity contribution in [3.63, 3.8) is 0 Å². The summed E-state index contributed by atoms with van der Waals surface area (Å²) in [5, 5.41) is 5.86. The van der Waals surface area contributed by atoms with Gasteiger partial charge in [0.05, 0.1) is 6.04 Å². The fourth-order valence-corrected chi connectivity index (χ4v) is 2.76. The number of nitrogen functional groups attached to an aromatic ring is 1. The predicted molar refractivity (Wildman–Crippen MR) is 81.6 cm³/mol. The van der Waals surface area contributed by atoms with Crippen LogP contribution in [0.4, 0.5) is 5.69 Å². The maximum atomic E-state index is 12.3. The van der Waals surface area contributed by atoms with E-state index in [1.54, 1.807) is 29.7 Å².